The SMILES string of the molecule is CCC(C)(CN)C(=O)C1CCOC2(CCSCC2)C1. The smallest absolute Gasteiger partial charge is 0.143 e. The number of ketones is 1. The summed E-state index contributed by atoms with van der Waals surface area (Å²) >= 11 is 2.00. The molecule has 2 saturated heterocycles. The third-order valence-corrected chi connectivity index (χ3v) is 6.08. The largest absolute Gasteiger partial charge is 0.375 e. The van der Waals surface area contributed by atoms with Crippen molar-refractivity contribution < 1.29 is 9.53 Å². The summed E-state index contributed by atoms with van der Waals surface area (Å²) in [5.41, 5.74) is 5.49. The summed E-state index contributed by atoms with van der Waals surface area (Å²) in [4.78, 5) is 12.8. The Morgan fingerprint density at radius 3 is 2.74 bits per heavy atom. The molecular formula is C15H27NO2S. The lowest BCUT2D eigenvalue weighted by Gasteiger charge is -2.44. The van der Waals surface area contributed by atoms with Gasteiger partial charge < -0.3 is 10.5 Å². The number of rotatable bonds is 4. The van der Waals surface area contributed by atoms with Crippen molar-refractivity contribution in [3.05, 3.63) is 0 Å². The van der Waals surface area contributed by atoms with Gasteiger partial charge in [0, 0.05) is 24.5 Å². The van der Waals surface area contributed by atoms with Crippen LogP contribution < -0.4 is 5.73 Å². The summed E-state index contributed by atoms with van der Waals surface area (Å²) in [6, 6.07) is 0. The molecule has 0 bridgehead atoms. The van der Waals surface area contributed by atoms with Gasteiger partial charge >= 0.3 is 0 Å². The van der Waals surface area contributed by atoms with E-state index in [1.807, 2.05) is 18.7 Å². The lowest BCUT2D eigenvalue weighted by Crippen LogP contribution is -2.48. The number of carbonyl (C=O) groups excluding carboxylic acids is 1. The minimum atomic E-state index is -0.341. The molecule has 2 unspecified atom stereocenters. The zero-order chi connectivity index (χ0) is 13.9. The highest BCUT2D eigenvalue weighted by molar-refractivity contribution is 7.99. The lowest BCUT2D eigenvalue weighted by molar-refractivity contribution is -0.146. The average Bonchev–Trinajstić information content (AvgIpc) is 2.46. The van der Waals surface area contributed by atoms with E-state index in [1.165, 1.54) is 11.5 Å². The molecule has 0 aliphatic carbocycles. The molecule has 2 fully saturated rings. The summed E-state index contributed by atoms with van der Waals surface area (Å²) in [5, 5.41) is 0. The van der Waals surface area contributed by atoms with Gasteiger partial charge in [-0.3, -0.25) is 4.79 Å². The Morgan fingerprint density at radius 1 is 1.47 bits per heavy atom. The summed E-state index contributed by atoms with van der Waals surface area (Å²) in [6.07, 6.45) is 4.84. The van der Waals surface area contributed by atoms with Crippen LogP contribution in [0.15, 0.2) is 0 Å². The van der Waals surface area contributed by atoms with Crippen LogP contribution in [0, 0.1) is 11.3 Å². The first-order chi connectivity index (χ1) is 9.05. The van der Waals surface area contributed by atoms with Gasteiger partial charge in [-0.05, 0) is 43.6 Å². The Bertz CT molecular complexity index is 317. The molecule has 0 saturated carbocycles. The summed E-state index contributed by atoms with van der Waals surface area (Å²) in [5.74, 6) is 2.87. The Hall–Kier alpha value is -0.0600. The normalized spacial score (nSPS) is 29.9. The Morgan fingerprint density at radius 2 is 2.16 bits per heavy atom. The predicted octanol–water partition coefficient (Wildman–Crippen LogP) is 2.62. The average molecular weight is 285 g/mol. The zero-order valence-electron chi connectivity index (χ0n) is 12.2. The molecule has 0 aromatic heterocycles. The molecule has 0 aromatic rings. The molecule has 2 N–H and O–H groups in total. The standard InChI is InChI=1S/C15H27NO2S/c1-3-14(2,11-16)13(17)12-4-7-18-15(10-12)5-8-19-9-6-15/h12H,3-11,16H2,1-2H3. The van der Waals surface area contributed by atoms with Gasteiger partial charge in [-0.2, -0.15) is 11.8 Å². The molecule has 2 heterocycles. The molecule has 2 aliphatic heterocycles. The van der Waals surface area contributed by atoms with Gasteiger partial charge in [0.1, 0.15) is 5.78 Å². The molecule has 2 atom stereocenters. The number of hydrogen-bond donors (Lipinski definition) is 1. The molecule has 0 aromatic carbocycles. The number of carbonyl (C=O) groups is 1. The van der Waals surface area contributed by atoms with Crippen molar-refractivity contribution in [3.63, 3.8) is 0 Å². The molecule has 4 heteroatoms. The number of Topliss-reactive ketones (excluding diaryl/α,β-unsaturated/α-hetero) is 1. The molecule has 110 valence electrons. The van der Waals surface area contributed by atoms with E-state index in [0.717, 1.165) is 38.7 Å². The van der Waals surface area contributed by atoms with Crippen molar-refractivity contribution in [1.29, 1.82) is 0 Å². The highest BCUT2D eigenvalue weighted by Gasteiger charge is 2.44. The summed E-state index contributed by atoms with van der Waals surface area (Å²) < 4.78 is 6.07. The number of ether oxygens (including phenoxy) is 1. The highest BCUT2D eigenvalue weighted by Crippen LogP contribution is 2.42. The van der Waals surface area contributed by atoms with Crippen LogP contribution in [-0.4, -0.2) is 36.0 Å². The van der Waals surface area contributed by atoms with Crippen molar-refractivity contribution in [2.45, 2.75) is 51.6 Å². The van der Waals surface area contributed by atoms with E-state index in [1.54, 1.807) is 0 Å². The van der Waals surface area contributed by atoms with E-state index >= 15 is 0 Å². The molecular weight excluding hydrogens is 258 g/mol. The van der Waals surface area contributed by atoms with Crippen LogP contribution in [0.25, 0.3) is 0 Å². The maximum Gasteiger partial charge on any atom is 0.143 e. The van der Waals surface area contributed by atoms with Crippen LogP contribution in [0.2, 0.25) is 0 Å². The lowest BCUT2D eigenvalue weighted by atomic mass is 9.71. The van der Waals surface area contributed by atoms with Gasteiger partial charge in [0.05, 0.1) is 5.60 Å². The Labute approximate surface area is 121 Å². The van der Waals surface area contributed by atoms with Crippen LogP contribution in [-0.2, 0) is 9.53 Å². The Balaban J connectivity index is 2.06. The van der Waals surface area contributed by atoms with Crippen molar-refractivity contribution >= 4 is 17.5 Å². The van der Waals surface area contributed by atoms with Crippen LogP contribution in [0.3, 0.4) is 0 Å². The molecule has 0 radical (unpaired) electrons. The minimum Gasteiger partial charge on any atom is -0.375 e. The number of thioether (sulfide) groups is 1. The quantitative estimate of drug-likeness (QED) is 0.862. The summed E-state index contributed by atoms with van der Waals surface area (Å²) in [7, 11) is 0. The molecule has 1 spiro atoms. The summed E-state index contributed by atoms with van der Waals surface area (Å²) in [6.45, 7) is 5.29. The first-order valence-electron chi connectivity index (χ1n) is 7.51. The van der Waals surface area contributed by atoms with Gasteiger partial charge in [0.15, 0.2) is 0 Å². The van der Waals surface area contributed by atoms with E-state index < -0.39 is 0 Å². The van der Waals surface area contributed by atoms with Crippen molar-refractivity contribution in [3.8, 4) is 0 Å². The maximum absolute atomic E-state index is 12.8. The maximum atomic E-state index is 12.8. The zero-order valence-corrected chi connectivity index (χ0v) is 13.1. The first-order valence-corrected chi connectivity index (χ1v) is 8.67. The van der Waals surface area contributed by atoms with Crippen molar-refractivity contribution in [1.82, 2.24) is 0 Å². The molecule has 3 nitrogen and oxygen atoms in total. The molecule has 2 aliphatic rings. The van der Waals surface area contributed by atoms with E-state index in [2.05, 4.69) is 6.92 Å². The second-order valence-electron chi connectivity index (χ2n) is 6.32. The third kappa shape index (κ3) is 3.17. The number of hydrogen-bond acceptors (Lipinski definition) is 4. The van der Waals surface area contributed by atoms with Crippen LogP contribution in [0.1, 0.15) is 46.0 Å². The van der Waals surface area contributed by atoms with Crippen molar-refractivity contribution in [2.75, 3.05) is 24.7 Å². The van der Waals surface area contributed by atoms with E-state index in [9.17, 15) is 4.79 Å². The van der Waals surface area contributed by atoms with Crippen molar-refractivity contribution in [2.24, 2.45) is 17.1 Å². The highest BCUT2D eigenvalue weighted by atomic mass is 32.2. The fourth-order valence-electron chi connectivity index (χ4n) is 3.26. The van der Waals surface area contributed by atoms with Crippen LogP contribution in [0.5, 0.6) is 0 Å². The third-order valence-electron chi connectivity index (χ3n) is 5.09. The fraction of sp³-hybridized carbons (Fsp3) is 0.933. The fourth-order valence-corrected chi connectivity index (χ4v) is 4.49. The predicted molar refractivity (Wildman–Crippen MR) is 80.4 cm³/mol. The van der Waals surface area contributed by atoms with Crippen LogP contribution in [0.4, 0.5) is 0 Å². The van der Waals surface area contributed by atoms with Gasteiger partial charge in [0.2, 0.25) is 0 Å². The second-order valence-corrected chi connectivity index (χ2v) is 7.54. The van der Waals surface area contributed by atoms with Gasteiger partial charge in [-0.15, -0.1) is 0 Å². The van der Waals surface area contributed by atoms with Gasteiger partial charge in [0.25, 0.3) is 0 Å². The van der Waals surface area contributed by atoms with Gasteiger partial charge in [-0.25, -0.2) is 0 Å². The van der Waals surface area contributed by atoms with Crippen LogP contribution >= 0.6 is 11.8 Å². The topological polar surface area (TPSA) is 52.3 Å². The van der Waals surface area contributed by atoms with Gasteiger partial charge in [-0.1, -0.05) is 13.8 Å². The van der Waals surface area contributed by atoms with E-state index in [-0.39, 0.29) is 16.9 Å². The minimum absolute atomic E-state index is 0.00687. The first kappa shape index (κ1) is 15.3. The Kier molecular flexibility index (Phi) is 4.96. The number of nitrogens with two attached hydrogens (primary N) is 1. The molecule has 0 amide bonds. The monoisotopic (exact) mass is 285 g/mol. The second kappa shape index (κ2) is 6.15. The van der Waals surface area contributed by atoms with E-state index in [4.69, 9.17) is 10.5 Å². The van der Waals surface area contributed by atoms with E-state index in [0.29, 0.717) is 12.3 Å². The molecule has 19 heavy (non-hydrogen) atoms. The molecule has 2 rings (SSSR count).